The second kappa shape index (κ2) is 9.89. The first kappa shape index (κ1) is 21.4. The minimum Gasteiger partial charge on any atom is -0.462 e. The summed E-state index contributed by atoms with van der Waals surface area (Å²) in [5, 5.41) is 0.117. The van der Waals surface area contributed by atoms with Crippen LogP contribution in [0, 0.1) is 6.92 Å². The van der Waals surface area contributed by atoms with Crippen LogP contribution < -0.4 is 5.73 Å². The van der Waals surface area contributed by atoms with Gasteiger partial charge in [-0.05, 0) is 26.3 Å². The molecule has 1 aromatic heterocycles. The lowest BCUT2D eigenvalue weighted by Crippen LogP contribution is -2.14. The lowest BCUT2D eigenvalue weighted by Gasteiger charge is -2.09. The molecule has 0 spiro atoms. The van der Waals surface area contributed by atoms with Crippen molar-refractivity contribution in [2.75, 3.05) is 18.9 Å². The molecule has 28 heavy (non-hydrogen) atoms. The van der Waals surface area contributed by atoms with Gasteiger partial charge in [0.15, 0.2) is 0 Å². The van der Waals surface area contributed by atoms with Crippen molar-refractivity contribution in [1.82, 2.24) is 0 Å². The monoisotopic (exact) mass is 405 g/mol. The number of hydrogen-bond donors (Lipinski definition) is 1. The van der Waals surface area contributed by atoms with E-state index < -0.39 is 17.9 Å². The van der Waals surface area contributed by atoms with E-state index in [-0.39, 0.29) is 47.2 Å². The molecule has 0 bridgehead atoms. The summed E-state index contributed by atoms with van der Waals surface area (Å²) >= 11 is 0.912. The average Bonchev–Trinajstić information content (AvgIpc) is 2.99. The Morgan fingerprint density at radius 1 is 0.964 bits per heavy atom. The van der Waals surface area contributed by atoms with Gasteiger partial charge >= 0.3 is 17.9 Å². The molecule has 2 rings (SSSR count). The fourth-order valence-electron chi connectivity index (χ4n) is 2.49. The van der Waals surface area contributed by atoms with Crippen molar-refractivity contribution in [3.05, 3.63) is 51.4 Å². The molecule has 0 fully saturated rings. The highest BCUT2D eigenvalue weighted by atomic mass is 32.1. The zero-order valence-corrected chi connectivity index (χ0v) is 16.9. The minimum absolute atomic E-state index is 0.0399. The van der Waals surface area contributed by atoms with Crippen LogP contribution in [0.4, 0.5) is 5.00 Å². The molecule has 2 aromatic rings. The lowest BCUT2D eigenvalue weighted by atomic mass is 10.1. The van der Waals surface area contributed by atoms with Crippen molar-refractivity contribution in [2.45, 2.75) is 33.8 Å². The molecular weight excluding hydrogens is 382 g/mol. The molecule has 0 aliphatic rings. The normalized spacial score (nSPS) is 10.4. The summed E-state index contributed by atoms with van der Waals surface area (Å²) < 4.78 is 15.3. The van der Waals surface area contributed by atoms with Gasteiger partial charge < -0.3 is 19.9 Å². The molecule has 1 heterocycles. The van der Waals surface area contributed by atoms with Crippen molar-refractivity contribution in [1.29, 1.82) is 0 Å². The first-order chi connectivity index (χ1) is 13.4. The molecule has 1 aromatic carbocycles. The van der Waals surface area contributed by atoms with E-state index in [0.29, 0.717) is 0 Å². The van der Waals surface area contributed by atoms with E-state index in [0.717, 1.165) is 22.5 Å². The second-order valence-electron chi connectivity index (χ2n) is 5.91. The first-order valence-electron chi connectivity index (χ1n) is 8.83. The van der Waals surface area contributed by atoms with Crippen LogP contribution in [0.5, 0.6) is 0 Å². The molecule has 0 radical (unpaired) electrons. The predicted octanol–water partition coefficient (Wildman–Crippen LogP) is 3.28. The van der Waals surface area contributed by atoms with Gasteiger partial charge in [0.2, 0.25) is 0 Å². The van der Waals surface area contributed by atoms with Crippen LogP contribution in [0.3, 0.4) is 0 Å². The standard InChI is InChI=1S/C20H23NO6S/c1-4-25-19(23)16-14(17(28-18(16)21)20(24)26-5-2)11-27-15(22)10-13-8-6-12(3)7-9-13/h6-9H,4-5,10-11,21H2,1-3H3. The average molecular weight is 405 g/mol. The van der Waals surface area contributed by atoms with E-state index in [2.05, 4.69) is 0 Å². The van der Waals surface area contributed by atoms with Gasteiger partial charge in [0, 0.05) is 5.56 Å². The molecule has 2 N–H and O–H groups in total. The number of rotatable bonds is 8. The van der Waals surface area contributed by atoms with Gasteiger partial charge in [-0.15, -0.1) is 11.3 Å². The lowest BCUT2D eigenvalue weighted by molar-refractivity contribution is -0.144. The number of benzene rings is 1. The Balaban J connectivity index is 2.21. The molecule has 0 unspecified atom stereocenters. The van der Waals surface area contributed by atoms with Crippen molar-refractivity contribution in [2.24, 2.45) is 0 Å². The minimum atomic E-state index is -0.670. The predicted molar refractivity (Wildman–Crippen MR) is 105 cm³/mol. The van der Waals surface area contributed by atoms with Gasteiger partial charge in [-0.1, -0.05) is 29.8 Å². The smallest absolute Gasteiger partial charge is 0.348 e. The highest BCUT2D eigenvalue weighted by Crippen LogP contribution is 2.33. The zero-order chi connectivity index (χ0) is 20.7. The quantitative estimate of drug-likeness (QED) is 0.531. The van der Waals surface area contributed by atoms with Crippen LogP contribution in [-0.4, -0.2) is 31.1 Å². The van der Waals surface area contributed by atoms with E-state index in [1.807, 2.05) is 31.2 Å². The van der Waals surface area contributed by atoms with Gasteiger partial charge in [0.1, 0.15) is 22.0 Å². The molecule has 7 nitrogen and oxygen atoms in total. The van der Waals surface area contributed by atoms with E-state index in [4.69, 9.17) is 19.9 Å². The molecular formula is C20H23NO6S. The van der Waals surface area contributed by atoms with Gasteiger partial charge in [-0.2, -0.15) is 0 Å². The van der Waals surface area contributed by atoms with Crippen molar-refractivity contribution in [3.63, 3.8) is 0 Å². The number of carbonyl (C=O) groups excluding carboxylic acids is 3. The van der Waals surface area contributed by atoms with Crippen molar-refractivity contribution < 1.29 is 28.6 Å². The molecule has 0 aliphatic carbocycles. The molecule has 0 atom stereocenters. The second-order valence-corrected chi connectivity index (χ2v) is 6.97. The summed E-state index contributed by atoms with van der Waals surface area (Å²) in [6.45, 7) is 5.32. The summed E-state index contributed by atoms with van der Waals surface area (Å²) in [5.74, 6) is -1.78. The summed E-state index contributed by atoms with van der Waals surface area (Å²) in [7, 11) is 0. The number of aryl methyl sites for hydroxylation is 1. The number of carbonyl (C=O) groups is 3. The Labute approximate surface area is 167 Å². The van der Waals surface area contributed by atoms with Crippen LogP contribution in [-0.2, 0) is 32.0 Å². The van der Waals surface area contributed by atoms with Gasteiger partial charge in [0.05, 0.1) is 19.6 Å². The third-order valence-electron chi connectivity index (χ3n) is 3.82. The van der Waals surface area contributed by atoms with Crippen molar-refractivity contribution in [3.8, 4) is 0 Å². The highest BCUT2D eigenvalue weighted by Gasteiger charge is 2.28. The Morgan fingerprint density at radius 3 is 2.18 bits per heavy atom. The van der Waals surface area contributed by atoms with E-state index in [1.165, 1.54) is 0 Å². The largest absolute Gasteiger partial charge is 0.462 e. The first-order valence-corrected chi connectivity index (χ1v) is 9.65. The number of thiophene rings is 1. The molecule has 0 saturated carbocycles. The number of anilines is 1. The van der Waals surface area contributed by atoms with Crippen LogP contribution in [0.1, 0.15) is 50.6 Å². The third kappa shape index (κ3) is 5.32. The SMILES string of the molecule is CCOC(=O)c1sc(N)c(C(=O)OCC)c1COC(=O)Cc1ccc(C)cc1. The molecule has 8 heteroatoms. The maximum absolute atomic E-state index is 12.3. The van der Waals surface area contributed by atoms with Crippen LogP contribution in [0.2, 0.25) is 0 Å². The van der Waals surface area contributed by atoms with Crippen LogP contribution in [0.25, 0.3) is 0 Å². The number of esters is 3. The fraction of sp³-hybridized carbons (Fsp3) is 0.350. The summed E-state index contributed by atoms with van der Waals surface area (Å²) in [5.41, 5.74) is 8.06. The van der Waals surface area contributed by atoms with Gasteiger partial charge in [-0.3, -0.25) is 4.79 Å². The van der Waals surface area contributed by atoms with Gasteiger partial charge in [-0.25, -0.2) is 9.59 Å². The van der Waals surface area contributed by atoms with Crippen LogP contribution >= 0.6 is 11.3 Å². The van der Waals surface area contributed by atoms with E-state index in [9.17, 15) is 14.4 Å². The van der Waals surface area contributed by atoms with E-state index in [1.54, 1.807) is 13.8 Å². The summed E-state index contributed by atoms with van der Waals surface area (Å²) in [4.78, 5) is 36.8. The molecule has 0 saturated heterocycles. The maximum atomic E-state index is 12.3. The number of ether oxygens (including phenoxy) is 3. The Kier molecular flexibility index (Phi) is 7.57. The van der Waals surface area contributed by atoms with Crippen molar-refractivity contribution >= 4 is 34.2 Å². The molecule has 0 aliphatic heterocycles. The maximum Gasteiger partial charge on any atom is 0.348 e. The van der Waals surface area contributed by atoms with E-state index >= 15 is 0 Å². The molecule has 150 valence electrons. The van der Waals surface area contributed by atoms with Crippen LogP contribution in [0.15, 0.2) is 24.3 Å². The Hall–Kier alpha value is -2.87. The topological polar surface area (TPSA) is 105 Å². The summed E-state index contributed by atoms with van der Waals surface area (Å²) in [6.07, 6.45) is 0.0728. The summed E-state index contributed by atoms with van der Waals surface area (Å²) in [6, 6.07) is 7.49. The molecule has 0 amide bonds. The number of nitrogen functional groups attached to an aromatic ring is 1. The number of nitrogens with two attached hydrogens (primary N) is 1. The Morgan fingerprint density at radius 2 is 1.57 bits per heavy atom. The fourth-order valence-corrected chi connectivity index (χ4v) is 3.44. The zero-order valence-electron chi connectivity index (χ0n) is 16.1. The third-order valence-corrected chi connectivity index (χ3v) is 4.86. The Bertz CT molecular complexity index is 856. The number of hydrogen-bond acceptors (Lipinski definition) is 8. The van der Waals surface area contributed by atoms with Gasteiger partial charge in [0.25, 0.3) is 0 Å². The highest BCUT2D eigenvalue weighted by molar-refractivity contribution is 7.18.